The summed E-state index contributed by atoms with van der Waals surface area (Å²) in [5, 5.41) is 7.51. The van der Waals surface area contributed by atoms with E-state index in [1.54, 1.807) is 10.7 Å². The van der Waals surface area contributed by atoms with E-state index in [1.807, 2.05) is 60.7 Å². The lowest BCUT2D eigenvalue weighted by molar-refractivity contribution is 0.101. The fourth-order valence-electron chi connectivity index (χ4n) is 3.04. The Morgan fingerprint density at radius 1 is 0.933 bits per heavy atom. The summed E-state index contributed by atoms with van der Waals surface area (Å²) in [4.78, 5) is 21.6. The van der Waals surface area contributed by atoms with E-state index in [0.717, 1.165) is 11.3 Å². The maximum Gasteiger partial charge on any atom is 0.297 e. The predicted octanol–water partition coefficient (Wildman–Crippen LogP) is 4.94. The molecule has 0 fully saturated rings. The van der Waals surface area contributed by atoms with Gasteiger partial charge >= 0.3 is 0 Å². The number of carbonyl (C=O) groups is 1. The van der Waals surface area contributed by atoms with E-state index in [1.165, 1.54) is 23.5 Å². The fraction of sp³-hybridized carbons (Fsp3) is 0. The second-order valence-electron chi connectivity index (χ2n) is 6.46. The van der Waals surface area contributed by atoms with E-state index in [4.69, 9.17) is 0 Å². The molecule has 0 spiro atoms. The van der Waals surface area contributed by atoms with E-state index in [2.05, 4.69) is 20.4 Å². The Morgan fingerprint density at radius 3 is 2.43 bits per heavy atom. The lowest BCUT2D eigenvalue weighted by Gasteiger charge is -2.05. The first-order chi connectivity index (χ1) is 14.7. The molecule has 1 amide bonds. The number of carbonyl (C=O) groups excluding carboxylic acids is 1. The van der Waals surface area contributed by atoms with E-state index in [0.29, 0.717) is 21.2 Å². The van der Waals surface area contributed by atoms with Crippen molar-refractivity contribution in [3.63, 3.8) is 0 Å². The molecule has 30 heavy (non-hydrogen) atoms. The second kappa shape index (κ2) is 7.49. The maximum atomic E-state index is 13.4. The minimum atomic E-state index is -0.485. The molecule has 6 nitrogen and oxygen atoms in total. The number of benzene rings is 3. The molecule has 8 heteroatoms. The first-order valence-corrected chi connectivity index (χ1v) is 9.94. The third-order valence-electron chi connectivity index (χ3n) is 4.41. The van der Waals surface area contributed by atoms with E-state index >= 15 is 0 Å². The van der Waals surface area contributed by atoms with Crippen molar-refractivity contribution < 1.29 is 9.18 Å². The number of anilines is 1. The quantitative estimate of drug-likeness (QED) is 0.451. The number of halogens is 1. The average Bonchev–Trinajstić information content (AvgIpc) is 3.39. The minimum absolute atomic E-state index is 0.0168. The molecule has 0 aliphatic carbocycles. The Bertz CT molecular complexity index is 1290. The summed E-state index contributed by atoms with van der Waals surface area (Å²) < 4.78 is 15.7. The maximum absolute atomic E-state index is 13.4. The van der Waals surface area contributed by atoms with Crippen molar-refractivity contribution in [2.24, 2.45) is 0 Å². The number of aromatic nitrogens is 4. The van der Waals surface area contributed by atoms with Crippen LogP contribution in [0.4, 0.5) is 9.52 Å². The SMILES string of the molecule is O=C(Nc1nc2ccc(F)cc2s1)c1nc(-c2ccccc2)n(-c2ccccc2)n1. The highest BCUT2D eigenvalue weighted by Crippen LogP contribution is 2.27. The Kier molecular flexibility index (Phi) is 4.53. The summed E-state index contributed by atoms with van der Waals surface area (Å²) in [6.45, 7) is 0. The summed E-state index contributed by atoms with van der Waals surface area (Å²) in [5.41, 5.74) is 2.24. The van der Waals surface area contributed by atoms with Gasteiger partial charge in [-0.2, -0.15) is 0 Å². The number of para-hydroxylation sites is 1. The lowest BCUT2D eigenvalue weighted by atomic mass is 10.2. The number of hydrogen-bond acceptors (Lipinski definition) is 5. The Balaban J connectivity index is 1.52. The molecule has 2 heterocycles. The van der Waals surface area contributed by atoms with Crippen molar-refractivity contribution in [2.45, 2.75) is 0 Å². The Hall–Kier alpha value is -3.91. The monoisotopic (exact) mass is 415 g/mol. The Labute approximate surface area is 174 Å². The molecule has 0 atom stereocenters. The molecule has 0 radical (unpaired) electrons. The van der Waals surface area contributed by atoms with Crippen LogP contribution in [-0.4, -0.2) is 25.7 Å². The zero-order valence-electron chi connectivity index (χ0n) is 15.5. The summed E-state index contributed by atoms with van der Waals surface area (Å²) >= 11 is 1.19. The van der Waals surface area contributed by atoms with E-state index in [9.17, 15) is 9.18 Å². The van der Waals surface area contributed by atoms with Crippen LogP contribution in [0.1, 0.15) is 10.6 Å². The van der Waals surface area contributed by atoms with Crippen LogP contribution in [0.25, 0.3) is 27.3 Å². The predicted molar refractivity (Wildman–Crippen MR) is 114 cm³/mol. The van der Waals surface area contributed by atoms with Crippen LogP contribution >= 0.6 is 11.3 Å². The average molecular weight is 415 g/mol. The van der Waals surface area contributed by atoms with E-state index < -0.39 is 5.91 Å². The number of nitrogens with one attached hydrogen (secondary N) is 1. The number of fused-ring (bicyclic) bond motifs is 1. The van der Waals surface area contributed by atoms with Crippen molar-refractivity contribution in [3.8, 4) is 17.1 Å². The van der Waals surface area contributed by atoms with Crippen molar-refractivity contribution in [1.29, 1.82) is 0 Å². The lowest BCUT2D eigenvalue weighted by Crippen LogP contribution is -2.14. The van der Waals surface area contributed by atoms with Crippen LogP contribution in [0, 0.1) is 5.82 Å². The van der Waals surface area contributed by atoms with Crippen molar-refractivity contribution in [3.05, 3.63) is 90.5 Å². The molecule has 0 bridgehead atoms. The molecule has 5 rings (SSSR count). The molecule has 0 saturated heterocycles. The van der Waals surface area contributed by atoms with Gasteiger partial charge in [-0.15, -0.1) is 5.10 Å². The molecule has 0 unspecified atom stereocenters. The van der Waals surface area contributed by atoms with Crippen molar-refractivity contribution >= 4 is 32.6 Å². The number of amides is 1. The first kappa shape index (κ1) is 18.1. The van der Waals surface area contributed by atoms with Gasteiger partial charge in [0.15, 0.2) is 11.0 Å². The normalized spacial score (nSPS) is 11.0. The third kappa shape index (κ3) is 3.44. The number of nitrogens with zero attached hydrogens (tertiary/aromatic N) is 4. The van der Waals surface area contributed by atoms with Gasteiger partial charge in [0.25, 0.3) is 5.91 Å². The van der Waals surface area contributed by atoms with Crippen LogP contribution in [0.15, 0.2) is 78.9 Å². The third-order valence-corrected chi connectivity index (χ3v) is 5.35. The smallest absolute Gasteiger partial charge is 0.295 e. The molecular formula is C22H14FN5OS. The van der Waals surface area contributed by atoms with E-state index in [-0.39, 0.29) is 11.6 Å². The van der Waals surface area contributed by atoms with Gasteiger partial charge in [-0.25, -0.2) is 19.0 Å². The van der Waals surface area contributed by atoms with Gasteiger partial charge in [0, 0.05) is 5.56 Å². The van der Waals surface area contributed by atoms with Crippen molar-refractivity contribution in [2.75, 3.05) is 5.32 Å². The number of hydrogen-bond donors (Lipinski definition) is 1. The molecule has 0 saturated carbocycles. The minimum Gasteiger partial charge on any atom is -0.295 e. The molecule has 146 valence electrons. The molecule has 0 aliphatic heterocycles. The van der Waals surface area contributed by atoms with Crippen LogP contribution < -0.4 is 5.32 Å². The summed E-state index contributed by atoms with van der Waals surface area (Å²) in [7, 11) is 0. The van der Waals surface area contributed by atoms with Crippen LogP contribution in [0.5, 0.6) is 0 Å². The highest BCUT2D eigenvalue weighted by Gasteiger charge is 2.20. The summed E-state index contributed by atoms with van der Waals surface area (Å²) in [5.74, 6) is -0.261. The molecule has 1 N–H and O–H groups in total. The van der Waals surface area contributed by atoms with Gasteiger partial charge in [0.1, 0.15) is 5.82 Å². The standard InChI is InChI=1S/C22H14FN5OS/c23-15-11-12-17-18(13-15)30-22(24-17)26-21(29)19-25-20(14-7-3-1-4-8-14)28(27-19)16-9-5-2-6-10-16/h1-13H,(H,24,26,29). The van der Waals surface area contributed by atoms with Gasteiger partial charge < -0.3 is 0 Å². The van der Waals surface area contributed by atoms with Gasteiger partial charge in [-0.3, -0.25) is 10.1 Å². The summed E-state index contributed by atoms with van der Waals surface area (Å²) in [6, 6.07) is 23.3. The first-order valence-electron chi connectivity index (χ1n) is 9.13. The summed E-state index contributed by atoms with van der Waals surface area (Å²) in [6.07, 6.45) is 0. The van der Waals surface area contributed by atoms with Gasteiger partial charge in [0.2, 0.25) is 5.82 Å². The largest absolute Gasteiger partial charge is 0.297 e. The molecule has 2 aromatic heterocycles. The topological polar surface area (TPSA) is 72.7 Å². The zero-order chi connectivity index (χ0) is 20.5. The molecule has 0 aliphatic rings. The van der Waals surface area contributed by atoms with Gasteiger partial charge in [-0.1, -0.05) is 59.9 Å². The fourth-order valence-corrected chi connectivity index (χ4v) is 3.92. The number of rotatable bonds is 4. The van der Waals surface area contributed by atoms with Crippen LogP contribution in [0.2, 0.25) is 0 Å². The highest BCUT2D eigenvalue weighted by atomic mass is 32.1. The Morgan fingerprint density at radius 2 is 1.67 bits per heavy atom. The van der Waals surface area contributed by atoms with Gasteiger partial charge in [-0.05, 0) is 30.3 Å². The highest BCUT2D eigenvalue weighted by molar-refractivity contribution is 7.22. The van der Waals surface area contributed by atoms with Gasteiger partial charge in [0.05, 0.1) is 15.9 Å². The molecule has 5 aromatic rings. The van der Waals surface area contributed by atoms with Crippen molar-refractivity contribution in [1.82, 2.24) is 19.7 Å². The van der Waals surface area contributed by atoms with Crippen LogP contribution in [-0.2, 0) is 0 Å². The van der Waals surface area contributed by atoms with Crippen LogP contribution in [0.3, 0.4) is 0 Å². The second-order valence-corrected chi connectivity index (χ2v) is 7.49. The number of thiazole rings is 1. The zero-order valence-corrected chi connectivity index (χ0v) is 16.3. The molecule has 3 aromatic carbocycles. The molecular weight excluding hydrogens is 401 g/mol.